The maximum absolute atomic E-state index is 13.3. The van der Waals surface area contributed by atoms with Crippen LogP contribution in [0, 0.1) is 13.8 Å². The summed E-state index contributed by atoms with van der Waals surface area (Å²) in [5.41, 5.74) is 1.45. The highest BCUT2D eigenvalue weighted by molar-refractivity contribution is 7.92. The van der Waals surface area contributed by atoms with Gasteiger partial charge in [-0.3, -0.25) is 19.4 Å². The summed E-state index contributed by atoms with van der Waals surface area (Å²) in [6.45, 7) is 4.28. The number of carbonyl (C=O) groups excluding carboxylic acids is 3. The Kier molecular flexibility index (Phi) is 9.48. The van der Waals surface area contributed by atoms with Crippen LogP contribution < -0.4 is 10.1 Å². The number of hydrogen-bond donors (Lipinski definition) is 2. The first-order chi connectivity index (χ1) is 22.1. The maximum Gasteiger partial charge on any atom is 0.573 e. The van der Waals surface area contributed by atoms with Gasteiger partial charge in [0, 0.05) is 55.8 Å². The van der Waals surface area contributed by atoms with Crippen LogP contribution in [-0.2, 0) is 19.6 Å². The minimum atomic E-state index is -4.88. The van der Waals surface area contributed by atoms with Crippen molar-refractivity contribution >= 4 is 39.7 Å². The number of piperazine rings is 1. The van der Waals surface area contributed by atoms with Gasteiger partial charge in [-0.05, 0) is 73.7 Å². The van der Waals surface area contributed by atoms with Gasteiger partial charge in [-0.2, -0.15) is 4.31 Å². The first-order valence-corrected chi connectivity index (χ1v) is 16.4. The van der Waals surface area contributed by atoms with Gasteiger partial charge in [0.25, 0.3) is 11.8 Å². The Morgan fingerprint density at radius 1 is 1.02 bits per heavy atom. The highest BCUT2D eigenvalue weighted by Crippen LogP contribution is 2.33. The lowest BCUT2D eigenvalue weighted by Crippen LogP contribution is -2.51. The molecular formula is C31H34F3N5O7S. The Morgan fingerprint density at radius 2 is 1.64 bits per heavy atom. The standard InChI is InChI=1S/C31H34F3N5O7S/c1-20-16-23(28(42)38-13-11-37(12-14-38)26(41)19-40)17-21(2)25(20)6-15-47(44,45)39-9-7-30(8-10-39)29(43)35-27(36-30)22-4-3-5-24(18-22)46-31(32,33)34/h3-6,15-18,40H,7-14,19H2,1-2H3,(H,35,36,43). The molecule has 16 heteroatoms. The van der Waals surface area contributed by atoms with Crippen LogP contribution in [0.15, 0.2) is 46.8 Å². The molecular weight excluding hydrogens is 643 g/mol. The van der Waals surface area contributed by atoms with E-state index in [9.17, 15) is 36.0 Å². The molecule has 2 saturated heterocycles. The van der Waals surface area contributed by atoms with Crippen molar-refractivity contribution in [3.63, 3.8) is 0 Å². The number of hydrogen-bond acceptors (Lipinski definition) is 8. The van der Waals surface area contributed by atoms with Gasteiger partial charge in [0.2, 0.25) is 15.9 Å². The molecule has 2 aromatic rings. The fraction of sp³-hybridized carbons (Fsp3) is 0.419. The van der Waals surface area contributed by atoms with Crippen LogP contribution in [0.1, 0.15) is 45.5 Å². The van der Waals surface area contributed by atoms with Crippen LogP contribution in [0.5, 0.6) is 5.75 Å². The number of nitrogens with one attached hydrogen (secondary N) is 1. The molecule has 0 aliphatic carbocycles. The van der Waals surface area contributed by atoms with E-state index in [1.165, 1.54) is 27.4 Å². The van der Waals surface area contributed by atoms with Crippen LogP contribution in [0.4, 0.5) is 13.2 Å². The van der Waals surface area contributed by atoms with Crippen LogP contribution in [0.3, 0.4) is 0 Å². The molecule has 0 saturated carbocycles. The van der Waals surface area contributed by atoms with Crippen molar-refractivity contribution in [2.45, 2.75) is 38.6 Å². The van der Waals surface area contributed by atoms with Crippen molar-refractivity contribution in [3.8, 4) is 5.75 Å². The molecule has 252 valence electrons. The fourth-order valence-electron chi connectivity index (χ4n) is 5.99. The molecule has 2 N–H and O–H groups in total. The quantitative estimate of drug-likeness (QED) is 0.457. The molecule has 2 aromatic carbocycles. The van der Waals surface area contributed by atoms with Gasteiger partial charge >= 0.3 is 6.36 Å². The first kappa shape index (κ1) is 34.1. The lowest BCUT2D eigenvalue weighted by Gasteiger charge is -2.34. The Bertz CT molecular complexity index is 1720. The molecule has 2 fully saturated rings. The summed E-state index contributed by atoms with van der Waals surface area (Å²) >= 11 is 0. The number of amides is 3. The molecule has 12 nitrogen and oxygen atoms in total. The lowest BCUT2D eigenvalue weighted by atomic mass is 9.89. The zero-order chi connectivity index (χ0) is 34.1. The number of nitrogens with zero attached hydrogens (tertiary/aromatic N) is 4. The monoisotopic (exact) mass is 677 g/mol. The number of aryl methyl sites for hydroxylation is 2. The van der Waals surface area contributed by atoms with Crippen molar-refractivity contribution < 1.29 is 45.8 Å². The summed E-state index contributed by atoms with van der Waals surface area (Å²) in [7, 11) is -3.90. The summed E-state index contributed by atoms with van der Waals surface area (Å²) < 4.78 is 69.7. The Morgan fingerprint density at radius 3 is 2.23 bits per heavy atom. The number of rotatable bonds is 7. The number of aliphatic imine (C=N–C) groups is 1. The van der Waals surface area contributed by atoms with E-state index in [0.717, 1.165) is 17.5 Å². The van der Waals surface area contributed by atoms with Gasteiger partial charge in [-0.15, -0.1) is 13.2 Å². The number of ether oxygens (including phenoxy) is 1. The van der Waals surface area contributed by atoms with Crippen LogP contribution in [0.2, 0.25) is 0 Å². The SMILES string of the molecule is Cc1cc(C(=O)N2CCN(C(=O)CO)CC2)cc(C)c1C=CS(=O)(=O)N1CCC2(CC1)N=C(c1cccc(OC(F)(F)F)c1)NC2=O. The number of halogens is 3. The van der Waals surface area contributed by atoms with Crippen molar-refractivity contribution in [1.82, 2.24) is 19.4 Å². The van der Waals surface area contributed by atoms with Gasteiger partial charge in [-0.25, -0.2) is 8.42 Å². The molecule has 5 rings (SSSR count). The zero-order valence-corrected chi connectivity index (χ0v) is 26.5. The van der Waals surface area contributed by atoms with Gasteiger partial charge in [0.05, 0.1) is 0 Å². The van der Waals surface area contributed by atoms with E-state index in [4.69, 9.17) is 5.11 Å². The number of aliphatic hydroxyl groups excluding tert-OH is 1. The topological polar surface area (TPSA) is 149 Å². The molecule has 0 unspecified atom stereocenters. The molecule has 1 spiro atoms. The molecule has 0 atom stereocenters. The second-order valence-electron chi connectivity index (χ2n) is 11.6. The van der Waals surface area contributed by atoms with E-state index in [1.807, 2.05) is 0 Å². The zero-order valence-electron chi connectivity index (χ0n) is 25.7. The van der Waals surface area contributed by atoms with Crippen molar-refractivity contribution in [2.24, 2.45) is 4.99 Å². The normalized spacial score (nSPS) is 18.9. The number of benzene rings is 2. The Balaban J connectivity index is 1.23. The Hall–Kier alpha value is -4.28. The lowest BCUT2D eigenvalue weighted by molar-refractivity contribution is -0.274. The van der Waals surface area contributed by atoms with Crippen LogP contribution >= 0.6 is 0 Å². The molecule has 3 aliphatic heterocycles. The third-order valence-corrected chi connectivity index (χ3v) is 10.1. The third-order valence-electron chi connectivity index (χ3n) is 8.53. The number of alkyl halides is 3. The van der Waals surface area contributed by atoms with Crippen molar-refractivity contribution in [1.29, 1.82) is 0 Å². The predicted octanol–water partition coefficient (Wildman–Crippen LogP) is 2.19. The van der Waals surface area contributed by atoms with Crippen molar-refractivity contribution in [2.75, 3.05) is 45.9 Å². The van der Waals surface area contributed by atoms with E-state index < -0.39 is 40.2 Å². The number of sulfonamides is 1. The highest BCUT2D eigenvalue weighted by atomic mass is 32.2. The summed E-state index contributed by atoms with van der Waals surface area (Å²) in [4.78, 5) is 45.4. The van der Waals surface area contributed by atoms with E-state index in [1.54, 1.807) is 30.9 Å². The Labute approximate surface area is 269 Å². The largest absolute Gasteiger partial charge is 0.573 e. The molecule has 3 aliphatic rings. The molecule has 47 heavy (non-hydrogen) atoms. The molecule has 0 bridgehead atoms. The average molecular weight is 678 g/mol. The van der Waals surface area contributed by atoms with Gasteiger partial charge in [0.15, 0.2) is 0 Å². The maximum atomic E-state index is 13.3. The first-order valence-electron chi connectivity index (χ1n) is 14.9. The molecule has 0 aromatic heterocycles. The summed E-state index contributed by atoms with van der Waals surface area (Å²) in [5.74, 6) is -1.41. The highest BCUT2D eigenvalue weighted by Gasteiger charge is 2.47. The average Bonchev–Trinajstić information content (AvgIpc) is 3.34. The van der Waals surface area contributed by atoms with E-state index in [0.29, 0.717) is 48.4 Å². The summed E-state index contributed by atoms with van der Waals surface area (Å²) in [5, 5.41) is 12.8. The predicted molar refractivity (Wildman–Crippen MR) is 165 cm³/mol. The van der Waals surface area contributed by atoms with Crippen molar-refractivity contribution in [3.05, 3.63) is 69.6 Å². The van der Waals surface area contributed by atoms with E-state index in [2.05, 4.69) is 15.0 Å². The second kappa shape index (κ2) is 13.1. The number of carbonyl (C=O) groups is 3. The van der Waals surface area contributed by atoms with E-state index >= 15 is 0 Å². The van der Waals surface area contributed by atoms with Crippen LogP contribution in [-0.4, -0.2) is 109 Å². The molecule has 3 amide bonds. The number of piperidine rings is 1. The minimum absolute atomic E-state index is 0.00331. The van der Waals surface area contributed by atoms with Gasteiger partial charge in [-0.1, -0.05) is 12.1 Å². The second-order valence-corrected chi connectivity index (χ2v) is 13.4. The fourth-order valence-corrected chi connectivity index (χ4v) is 7.16. The smallest absolute Gasteiger partial charge is 0.406 e. The molecule has 3 heterocycles. The van der Waals surface area contributed by atoms with Gasteiger partial charge in [0.1, 0.15) is 23.7 Å². The minimum Gasteiger partial charge on any atom is -0.406 e. The van der Waals surface area contributed by atoms with E-state index in [-0.39, 0.29) is 49.1 Å². The summed E-state index contributed by atoms with van der Waals surface area (Å²) in [6, 6.07) is 8.47. The van der Waals surface area contributed by atoms with Gasteiger partial charge < -0.3 is 25.0 Å². The molecule has 0 radical (unpaired) electrons. The number of aliphatic hydroxyl groups is 1. The third kappa shape index (κ3) is 7.49. The number of amidine groups is 1. The van der Waals surface area contributed by atoms with Crippen LogP contribution in [0.25, 0.3) is 6.08 Å². The summed E-state index contributed by atoms with van der Waals surface area (Å²) in [6.07, 6.45) is -3.25.